The highest BCUT2D eigenvalue weighted by atomic mass is 19.4. The van der Waals surface area contributed by atoms with Crippen molar-refractivity contribution in [2.75, 3.05) is 5.73 Å². The van der Waals surface area contributed by atoms with E-state index in [1.165, 1.54) is 19.3 Å². The number of alkyl halides is 3. The fraction of sp³-hybridized carbons (Fsp3) is 0.130. The molecular formula is C23H18F3N5O3. The maximum atomic E-state index is 13.3. The lowest BCUT2D eigenvalue weighted by Crippen LogP contribution is -2.28. The summed E-state index contributed by atoms with van der Waals surface area (Å²) in [5.74, 6) is -1.77. The van der Waals surface area contributed by atoms with E-state index in [0.717, 1.165) is 22.9 Å². The second-order valence-electron chi connectivity index (χ2n) is 7.61. The van der Waals surface area contributed by atoms with Gasteiger partial charge in [0.05, 0.1) is 11.3 Å². The first-order valence-electron chi connectivity index (χ1n) is 9.97. The van der Waals surface area contributed by atoms with Gasteiger partial charge in [0, 0.05) is 29.3 Å². The zero-order chi connectivity index (χ0) is 24.6. The maximum absolute atomic E-state index is 13.3. The number of nitrogens with zero attached hydrogens (tertiary/aromatic N) is 3. The molecule has 0 radical (unpaired) electrons. The molecule has 0 aliphatic heterocycles. The van der Waals surface area contributed by atoms with E-state index in [1.807, 2.05) is 0 Å². The molecule has 1 atom stereocenters. The number of amides is 1. The maximum Gasteiger partial charge on any atom is 0.416 e. The number of nitrogen functional groups attached to an aromatic ring is 1. The number of rotatable bonds is 5. The summed E-state index contributed by atoms with van der Waals surface area (Å²) in [5, 5.41) is 7.98. The number of anilines is 1. The van der Waals surface area contributed by atoms with E-state index >= 15 is 0 Å². The summed E-state index contributed by atoms with van der Waals surface area (Å²) in [6.45, 7) is 1.54. The van der Waals surface area contributed by atoms with Gasteiger partial charge in [0.15, 0.2) is 5.69 Å². The summed E-state index contributed by atoms with van der Waals surface area (Å²) in [6, 6.07) is 12.5. The number of hydrogen-bond acceptors (Lipinski definition) is 6. The van der Waals surface area contributed by atoms with E-state index in [4.69, 9.17) is 16.0 Å². The molecule has 4 N–H and O–H groups in total. The molecule has 4 aromatic rings. The molecule has 4 rings (SSSR count). The van der Waals surface area contributed by atoms with Crippen LogP contribution in [0.5, 0.6) is 0 Å². The number of nitrogens with two attached hydrogens (primary N) is 2. The number of primary amides is 1. The molecule has 0 saturated heterocycles. The van der Waals surface area contributed by atoms with Gasteiger partial charge in [0.1, 0.15) is 12.0 Å². The van der Waals surface area contributed by atoms with Crippen molar-refractivity contribution in [1.82, 2.24) is 14.9 Å². The van der Waals surface area contributed by atoms with Crippen molar-refractivity contribution in [3.05, 3.63) is 93.6 Å². The lowest BCUT2D eigenvalue weighted by molar-refractivity contribution is -0.137. The van der Waals surface area contributed by atoms with Crippen molar-refractivity contribution < 1.29 is 22.5 Å². The van der Waals surface area contributed by atoms with Gasteiger partial charge < -0.3 is 16.0 Å². The molecule has 2 aromatic heterocycles. The molecule has 1 amide bonds. The smallest absolute Gasteiger partial charge is 0.399 e. The van der Waals surface area contributed by atoms with Gasteiger partial charge in [-0.05, 0) is 41.5 Å². The number of carbonyl (C=O) groups is 1. The topological polar surface area (TPSA) is 130 Å². The van der Waals surface area contributed by atoms with Gasteiger partial charge in [-0.3, -0.25) is 9.59 Å². The molecule has 2 heterocycles. The van der Waals surface area contributed by atoms with Gasteiger partial charge in [-0.25, -0.2) is 0 Å². The average Bonchev–Trinajstić information content (AvgIpc) is 3.32. The standard InChI is InChI=1S/C23H18F3N5O3/c1-12(14-7-15(23(24,25)26)10-16(27)8-14)18-11-20(32)31(29-21(18)22(28)33)17-4-2-3-13(9-17)19-5-6-34-30-19/h2-12H,27H2,1H3,(H2,28,33)/t12-/m1/s1. The zero-order valence-electron chi connectivity index (χ0n) is 17.7. The van der Waals surface area contributed by atoms with Gasteiger partial charge in [0.2, 0.25) is 0 Å². The third-order valence-electron chi connectivity index (χ3n) is 5.29. The molecule has 2 aromatic carbocycles. The Hall–Kier alpha value is -4.41. The Bertz CT molecular complexity index is 1430. The highest BCUT2D eigenvalue weighted by molar-refractivity contribution is 5.92. The minimum absolute atomic E-state index is 0.0835. The normalized spacial score (nSPS) is 12.5. The van der Waals surface area contributed by atoms with Crippen molar-refractivity contribution in [2.24, 2.45) is 5.73 Å². The van der Waals surface area contributed by atoms with E-state index in [9.17, 15) is 22.8 Å². The Labute approximate surface area is 190 Å². The first kappa shape index (κ1) is 22.8. The Morgan fingerprint density at radius 2 is 1.88 bits per heavy atom. The third kappa shape index (κ3) is 4.40. The second kappa shape index (κ2) is 8.50. The average molecular weight is 469 g/mol. The predicted octanol–water partition coefficient (Wildman–Crippen LogP) is 3.74. The molecule has 0 spiro atoms. The Morgan fingerprint density at radius 1 is 1.12 bits per heavy atom. The summed E-state index contributed by atoms with van der Waals surface area (Å²) in [7, 11) is 0. The molecule has 0 aliphatic carbocycles. The quantitative estimate of drug-likeness (QED) is 0.428. The van der Waals surface area contributed by atoms with Gasteiger partial charge in [-0.15, -0.1) is 0 Å². The number of aromatic nitrogens is 3. The van der Waals surface area contributed by atoms with E-state index in [-0.39, 0.29) is 22.5 Å². The van der Waals surface area contributed by atoms with Crippen LogP contribution >= 0.6 is 0 Å². The monoisotopic (exact) mass is 469 g/mol. The summed E-state index contributed by atoms with van der Waals surface area (Å²) in [4.78, 5) is 25.2. The van der Waals surface area contributed by atoms with E-state index in [1.54, 1.807) is 30.3 Å². The molecule has 0 fully saturated rings. The van der Waals surface area contributed by atoms with Crippen LogP contribution in [0, 0.1) is 0 Å². The Morgan fingerprint density at radius 3 is 2.53 bits per heavy atom. The van der Waals surface area contributed by atoms with E-state index < -0.39 is 29.1 Å². The van der Waals surface area contributed by atoms with Crippen LogP contribution in [0.1, 0.15) is 40.0 Å². The molecule has 8 nitrogen and oxygen atoms in total. The van der Waals surface area contributed by atoms with Gasteiger partial charge in [0.25, 0.3) is 11.5 Å². The van der Waals surface area contributed by atoms with Crippen molar-refractivity contribution in [3.63, 3.8) is 0 Å². The number of hydrogen-bond donors (Lipinski definition) is 2. The van der Waals surface area contributed by atoms with Crippen LogP contribution in [0.15, 0.2) is 70.2 Å². The summed E-state index contributed by atoms with van der Waals surface area (Å²) in [5.41, 5.74) is 11.0. The summed E-state index contributed by atoms with van der Waals surface area (Å²) >= 11 is 0. The van der Waals surface area contributed by atoms with Crippen LogP contribution in [-0.4, -0.2) is 20.8 Å². The van der Waals surface area contributed by atoms with Crippen LogP contribution in [0.25, 0.3) is 16.9 Å². The summed E-state index contributed by atoms with van der Waals surface area (Å²) in [6.07, 6.45) is -3.22. The highest BCUT2D eigenvalue weighted by Gasteiger charge is 2.32. The van der Waals surface area contributed by atoms with Crippen molar-refractivity contribution in [1.29, 1.82) is 0 Å². The summed E-state index contributed by atoms with van der Waals surface area (Å²) < 4.78 is 45.6. The second-order valence-corrected chi connectivity index (χ2v) is 7.61. The Kier molecular flexibility index (Phi) is 5.70. The van der Waals surface area contributed by atoms with Gasteiger partial charge in [-0.2, -0.15) is 23.0 Å². The van der Waals surface area contributed by atoms with Crippen molar-refractivity contribution in [2.45, 2.75) is 19.0 Å². The van der Waals surface area contributed by atoms with Crippen LogP contribution in [0.2, 0.25) is 0 Å². The Balaban J connectivity index is 1.82. The first-order chi connectivity index (χ1) is 16.0. The molecule has 0 unspecified atom stereocenters. The van der Waals surface area contributed by atoms with Crippen molar-refractivity contribution >= 4 is 11.6 Å². The van der Waals surface area contributed by atoms with Crippen molar-refractivity contribution in [3.8, 4) is 16.9 Å². The van der Waals surface area contributed by atoms with Crippen LogP contribution in [0.4, 0.5) is 18.9 Å². The van der Waals surface area contributed by atoms with Crippen LogP contribution in [0.3, 0.4) is 0 Å². The zero-order valence-corrected chi connectivity index (χ0v) is 17.7. The van der Waals surface area contributed by atoms with Crippen LogP contribution in [-0.2, 0) is 6.18 Å². The SMILES string of the molecule is C[C@H](c1cc(N)cc(C(F)(F)F)c1)c1cc(=O)n(-c2cccc(-c3ccon3)c2)nc1C(N)=O. The largest absolute Gasteiger partial charge is 0.416 e. The van der Waals surface area contributed by atoms with Crippen LogP contribution < -0.4 is 17.0 Å². The molecule has 0 saturated carbocycles. The molecule has 11 heteroatoms. The van der Waals surface area contributed by atoms with Gasteiger partial charge >= 0.3 is 6.18 Å². The fourth-order valence-corrected chi connectivity index (χ4v) is 3.60. The van der Waals surface area contributed by atoms with E-state index in [0.29, 0.717) is 16.9 Å². The fourth-order valence-electron chi connectivity index (χ4n) is 3.60. The molecule has 0 aliphatic rings. The number of carbonyl (C=O) groups excluding carboxylic acids is 1. The molecule has 34 heavy (non-hydrogen) atoms. The molecule has 174 valence electrons. The van der Waals surface area contributed by atoms with E-state index in [2.05, 4.69) is 10.3 Å². The number of benzene rings is 2. The highest BCUT2D eigenvalue weighted by Crippen LogP contribution is 2.35. The van der Waals surface area contributed by atoms with Gasteiger partial charge in [-0.1, -0.05) is 24.2 Å². The minimum atomic E-state index is -4.62. The number of halogens is 3. The third-order valence-corrected chi connectivity index (χ3v) is 5.29. The lowest BCUT2D eigenvalue weighted by Gasteiger charge is -2.18. The molecule has 0 bridgehead atoms. The minimum Gasteiger partial charge on any atom is -0.399 e. The molecular weight excluding hydrogens is 451 g/mol. The first-order valence-corrected chi connectivity index (χ1v) is 9.97. The predicted molar refractivity (Wildman–Crippen MR) is 117 cm³/mol. The lowest BCUT2D eigenvalue weighted by atomic mass is 9.90.